The Labute approximate surface area is 246 Å². The van der Waals surface area contributed by atoms with Crippen molar-refractivity contribution in [2.45, 2.75) is 64.3 Å². The molecule has 0 unspecified atom stereocenters. The lowest BCUT2D eigenvalue weighted by Gasteiger charge is -2.25. The zero-order chi connectivity index (χ0) is 30.3. The first-order valence-electron chi connectivity index (χ1n) is 13.0. The van der Waals surface area contributed by atoms with E-state index >= 15 is 0 Å². The zero-order valence-corrected chi connectivity index (χ0v) is 25.1. The van der Waals surface area contributed by atoms with Gasteiger partial charge in [0.25, 0.3) is 0 Å². The maximum Gasteiger partial charge on any atom is 0.408 e. The number of nitrogens with one attached hydrogen (secondary N) is 4. The number of aromatic nitrogens is 1. The highest BCUT2D eigenvalue weighted by atomic mass is 79.9. The van der Waals surface area contributed by atoms with Gasteiger partial charge in [-0.1, -0.05) is 24.3 Å². The van der Waals surface area contributed by atoms with Crippen molar-refractivity contribution in [2.75, 3.05) is 7.11 Å². The molecule has 1 aromatic heterocycles. The number of aromatic amines is 1. The predicted octanol–water partition coefficient (Wildman–Crippen LogP) is 3.48. The van der Waals surface area contributed by atoms with Crippen LogP contribution in [0.2, 0.25) is 0 Å². The SMILES string of the molecule is COC(=O)[C@H](Cc1c[nH]c2c(Br)cccc12)NC(=O)[C@H](C)NC(=O)[C@H](Cc1ccc(O)cc1)NC(=O)OC(C)(C)C. The van der Waals surface area contributed by atoms with Crippen LogP contribution in [0.15, 0.2) is 53.1 Å². The molecule has 0 saturated heterocycles. The van der Waals surface area contributed by atoms with Crippen LogP contribution in [0.5, 0.6) is 5.75 Å². The molecule has 0 bridgehead atoms. The van der Waals surface area contributed by atoms with Gasteiger partial charge in [-0.15, -0.1) is 0 Å². The minimum Gasteiger partial charge on any atom is -0.508 e. The average molecular weight is 632 g/mol. The number of H-pyrrole nitrogens is 1. The van der Waals surface area contributed by atoms with E-state index in [0.29, 0.717) is 5.56 Å². The van der Waals surface area contributed by atoms with Gasteiger partial charge >= 0.3 is 12.1 Å². The molecule has 0 fully saturated rings. The molecule has 220 valence electrons. The van der Waals surface area contributed by atoms with E-state index in [1.54, 1.807) is 39.1 Å². The van der Waals surface area contributed by atoms with E-state index in [1.165, 1.54) is 26.2 Å². The smallest absolute Gasteiger partial charge is 0.408 e. The lowest BCUT2D eigenvalue weighted by atomic mass is 10.0. The molecule has 3 amide bonds. The number of benzene rings is 2. The quantitative estimate of drug-likeness (QED) is 0.214. The average Bonchev–Trinajstić information content (AvgIpc) is 3.31. The van der Waals surface area contributed by atoms with Gasteiger partial charge in [-0.05, 0) is 73.0 Å². The third-order valence-corrected chi connectivity index (χ3v) is 6.77. The number of methoxy groups -OCH3 is 1. The second-order valence-electron chi connectivity index (χ2n) is 10.6. The number of halogens is 1. The van der Waals surface area contributed by atoms with E-state index in [0.717, 1.165) is 20.9 Å². The Hall–Kier alpha value is -4.06. The molecule has 3 aromatic rings. The summed E-state index contributed by atoms with van der Waals surface area (Å²) in [7, 11) is 1.23. The minimum absolute atomic E-state index is 0.0561. The van der Waals surface area contributed by atoms with E-state index in [9.17, 15) is 24.3 Å². The van der Waals surface area contributed by atoms with Crippen molar-refractivity contribution < 1.29 is 33.8 Å². The third kappa shape index (κ3) is 8.97. The largest absolute Gasteiger partial charge is 0.508 e. The molecular weight excluding hydrogens is 596 g/mol. The molecule has 1 heterocycles. The first-order chi connectivity index (χ1) is 19.3. The molecule has 0 spiro atoms. The first kappa shape index (κ1) is 31.5. The monoisotopic (exact) mass is 630 g/mol. The summed E-state index contributed by atoms with van der Waals surface area (Å²) < 4.78 is 11.1. The maximum absolute atomic E-state index is 13.2. The van der Waals surface area contributed by atoms with Gasteiger partial charge in [-0.3, -0.25) is 9.59 Å². The molecular formula is C29H35BrN4O7. The zero-order valence-electron chi connectivity index (χ0n) is 23.5. The van der Waals surface area contributed by atoms with Crippen LogP contribution in [0.4, 0.5) is 4.79 Å². The fourth-order valence-corrected chi connectivity index (χ4v) is 4.58. The van der Waals surface area contributed by atoms with Crippen LogP contribution in [0.25, 0.3) is 10.9 Å². The van der Waals surface area contributed by atoms with Crippen LogP contribution in [0.3, 0.4) is 0 Å². The van der Waals surface area contributed by atoms with Crippen LogP contribution in [-0.4, -0.2) is 64.8 Å². The number of ether oxygens (including phenoxy) is 2. The number of para-hydroxylation sites is 1. The van der Waals surface area contributed by atoms with E-state index in [4.69, 9.17) is 9.47 Å². The van der Waals surface area contributed by atoms with Gasteiger partial charge < -0.3 is 35.5 Å². The fourth-order valence-electron chi connectivity index (χ4n) is 4.10. The highest BCUT2D eigenvalue weighted by molar-refractivity contribution is 9.10. The van der Waals surface area contributed by atoms with E-state index in [-0.39, 0.29) is 18.6 Å². The molecule has 0 saturated carbocycles. The number of phenolic OH excluding ortho intramolecular Hbond substituents is 1. The number of rotatable bonds is 10. The summed E-state index contributed by atoms with van der Waals surface area (Å²) in [6.45, 7) is 6.55. The molecule has 0 aliphatic rings. The van der Waals surface area contributed by atoms with Crippen molar-refractivity contribution in [3.8, 4) is 5.75 Å². The summed E-state index contributed by atoms with van der Waals surface area (Å²) in [6, 6.07) is 8.65. The molecule has 5 N–H and O–H groups in total. The number of amides is 3. The summed E-state index contributed by atoms with van der Waals surface area (Å²) in [5.74, 6) is -1.84. The number of carbonyl (C=O) groups excluding carboxylic acids is 4. The van der Waals surface area contributed by atoms with Crippen LogP contribution in [0, 0.1) is 0 Å². The number of hydrogen-bond donors (Lipinski definition) is 5. The molecule has 2 aromatic carbocycles. The highest BCUT2D eigenvalue weighted by Crippen LogP contribution is 2.26. The van der Waals surface area contributed by atoms with E-state index in [2.05, 4.69) is 36.9 Å². The van der Waals surface area contributed by atoms with Crippen molar-refractivity contribution in [1.82, 2.24) is 20.9 Å². The lowest BCUT2D eigenvalue weighted by molar-refractivity contribution is -0.145. The number of alkyl carbamates (subject to hydrolysis) is 1. The van der Waals surface area contributed by atoms with Gasteiger partial charge in [0.2, 0.25) is 11.8 Å². The highest BCUT2D eigenvalue weighted by Gasteiger charge is 2.30. The molecule has 12 heteroatoms. The molecule has 0 aliphatic heterocycles. The normalized spacial score (nSPS) is 13.5. The number of carbonyl (C=O) groups is 4. The standard InChI is InChI=1S/C29H35BrN4O7/c1-16(25(36)33-23(27(38)40-5)14-18-15-31-24-20(18)7-6-8-21(24)30)32-26(37)22(34-28(39)41-29(2,3)4)13-17-9-11-19(35)12-10-17/h6-12,15-16,22-23,31,35H,13-14H2,1-5H3,(H,32,37)(H,33,36)(H,34,39)/t16-,22-,23-/m0/s1. The van der Waals surface area contributed by atoms with Crippen molar-refractivity contribution in [3.05, 3.63) is 64.3 Å². The second kappa shape index (κ2) is 13.5. The van der Waals surface area contributed by atoms with Crippen LogP contribution >= 0.6 is 15.9 Å². The van der Waals surface area contributed by atoms with Gasteiger partial charge in [0.15, 0.2) is 0 Å². The van der Waals surface area contributed by atoms with Crippen LogP contribution in [-0.2, 0) is 36.7 Å². The maximum atomic E-state index is 13.2. The van der Waals surface area contributed by atoms with Crippen molar-refractivity contribution in [3.63, 3.8) is 0 Å². The van der Waals surface area contributed by atoms with E-state index in [1.807, 2.05) is 18.2 Å². The van der Waals surface area contributed by atoms with Gasteiger partial charge in [-0.25, -0.2) is 9.59 Å². The second-order valence-corrected chi connectivity index (χ2v) is 11.4. The topological polar surface area (TPSA) is 159 Å². The Morgan fingerprint density at radius 2 is 1.63 bits per heavy atom. The van der Waals surface area contributed by atoms with Gasteiger partial charge in [-0.2, -0.15) is 0 Å². The Kier molecular flexibility index (Phi) is 10.4. The first-order valence-corrected chi connectivity index (χ1v) is 13.8. The van der Waals surface area contributed by atoms with Crippen LogP contribution < -0.4 is 16.0 Å². The number of hydrogen-bond acceptors (Lipinski definition) is 7. The third-order valence-electron chi connectivity index (χ3n) is 6.11. The van der Waals surface area contributed by atoms with Gasteiger partial charge in [0.05, 0.1) is 12.6 Å². The van der Waals surface area contributed by atoms with Crippen molar-refractivity contribution in [1.29, 1.82) is 0 Å². The number of fused-ring (bicyclic) bond motifs is 1. The van der Waals surface area contributed by atoms with Crippen LogP contribution in [0.1, 0.15) is 38.8 Å². The Bertz CT molecular complexity index is 1400. The predicted molar refractivity (Wildman–Crippen MR) is 156 cm³/mol. The number of phenols is 1. The summed E-state index contributed by atoms with van der Waals surface area (Å²) in [5, 5.41) is 18.3. The molecule has 0 radical (unpaired) electrons. The van der Waals surface area contributed by atoms with E-state index < -0.39 is 47.6 Å². The molecule has 3 atom stereocenters. The van der Waals surface area contributed by atoms with Crippen molar-refractivity contribution in [2.24, 2.45) is 0 Å². The number of aromatic hydroxyl groups is 1. The summed E-state index contributed by atoms with van der Waals surface area (Å²) in [4.78, 5) is 54.5. The van der Waals surface area contributed by atoms with Gasteiger partial charge in [0, 0.05) is 28.9 Å². The molecule has 3 rings (SSSR count). The van der Waals surface area contributed by atoms with Gasteiger partial charge in [0.1, 0.15) is 29.5 Å². The Morgan fingerprint density at radius 1 is 0.951 bits per heavy atom. The number of esters is 1. The lowest BCUT2D eigenvalue weighted by Crippen LogP contribution is -2.56. The Morgan fingerprint density at radius 3 is 2.27 bits per heavy atom. The van der Waals surface area contributed by atoms with Crippen molar-refractivity contribution >= 4 is 50.7 Å². The summed E-state index contributed by atoms with van der Waals surface area (Å²) >= 11 is 3.49. The molecule has 0 aliphatic carbocycles. The molecule has 41 heavy (non-hydrogen) atoms. The molecule has 11 nitrogen and oxygen atoms in total. The fraction of sp³-hybridized carbons (Fsp3) is 0.379. The minimum atomic E-state index is -1.09. The Balaban J connectivity index is 1.72. The summed E-state index contributed by atoms with van der Waals surface area (Å²) in [5.41, 5.74) is 1.52. The summed E-state index contributed by atoms with van der Waals surface area (Å²) in [6.07, 6.45) is 1.18.